The Bertz CT molecular complexity index is 514. The summed E-state index contributed by atoms with van der Waals surface area (Å²) in [7, 11) is 0. The van der Waals surface area contributed by atoms with Gasteiger partial charge in [-0.3, -0.25) is 0 Å². The third-order valence-corrected chi connectivity index (χ3v) is 3.94. The molecule has 1 unspecified atom stereocenters. The molecule has 3 nitrogen and oxygen atoms in total. The highest BCUT2D eigenvalue weighted by molar-refractivity contribution is 14.1. The lowest BCUT2D eigenvalue weighted by atomic mass is 10.00. The van der Waals surface area contributed by atoms with Crippen LogP contribution in [0.25, 0.3) is 5.76 Å². The highest BCUT2D eigenvalue weighted by Crippen LogP contribution is 2.40. The molecule has 20 heavy (non-hydrogen) atoms. The molecule has 1 heterocycles. The molecule has 0 radical (unpaired) electrons. The molecule has 0 fully saturated rings. The van der Waals surface area contributed by atoms with E-state index in [1.54, 1.807) is 0 Å². The van der Waals surface area contributed by atoms with E-state index in [4.69, 9.17) is 9.47 Å². The van der Waals surface area contributed by atoms with Crippen LogP contribution in [0.15, 0.2) is 35.9 Å². The topological polar surface area (TPSA) is 35.5 Å². The average molecular weight is 386 g/mol. The molecular weight excluding hydrogens is 367 g/mol. The summed E-state index contributed by atoms with van der Waals surface area (Å²) < 4.78 is 11.2. The molecule has 2 rings (SSSR count). The van der Waals surface area contributed by atoms with Crippen molar-refractivity contribution >= 4 is 34.3 Å². The lowest BCUT2D eigenvalue weighted by Gasteiger charge is -2.25. The van der Waals surface area contributed by atoms with Crippen molar-refractivity contribution in [3.63, 3.8) is 0 Å². The second-order valence-corrected chi connectivity index (χ2v) is 8.05. The van der Waals surface area contributed by atoms with Gasteiger partial charge in [-0.15, -0.1) is 0 Å². The van der Waals surface area contributed by atoms with Gasteiger partial charge < -0.3 is 9.47 Å². The zero-order valence-electron chi connectivity index (χ0n) is 12.0. The van der Waals surface area contributed by atoms with Crippen molar-refractivity contribution in [3.05, 3.63) is 41.5 Å². The van der Waals surface area contributed by atoms with E-state index in [1.807, 2.05) is 37.3 Å². The zero-order chi connectivity index (χ0) is 14.8. The highest BCUT2D eigenvalue weighted by atomic mass is 127. The van der Waals surface area contributed by atoms with Crippen molar-refractivity contribution in [1.82, 2.24) is 0 Å². The van der Waals surface area contributed by atoms with Crippen LogP contribution in [0.1, 0.15) is 32.8 Å². The number of carbonyl (C=O) groups is 1. The SMILES string of the molecule is CCOC(=O)C1=C(c2ccccc2)OC(C(C)(C)I)C1. The Morgan fingerprint density at radius 1 is 1.40 bits per heavy atom. The molecule has 0 saturated heterocycles. The average Bonchev–Trinajstić information content (AvgIpc) is 2.85. The normalized spacial score (nSPS) is 18.9. The predicted molar refractivity (Wildman–Crippen MR) is 87.6 cm³/mol. The first-order chi connectivity index (χ1) is 9.43. The lowest BCUT2D eigenvalue weighted by Crippen LogP contribution is -2.29. The van der Waals surface area contributed by atoms with E-state index < -0.39 is 0 Å². The smallest absolute Gasteiger partial charge is 0.337 e. The molecule has 0 bridgehead atoms. The Kier molecular flexibility index (Phi) is 4.73. The van der Waals surface area contributed by atoms with Crippen LogP contribution in [-0.2, 0) is 14.3 Å². The van der Waals surface area contributed by atoms with Crippen LogP contribution in [0.4, 0.5) is 0 Å². The van der Waals surface area contributed by atoms with Crippen molar-refractivity contribution in [3.8, 4) is 0 Å². The molecule has 0 N–H and O–H groups in total. The first-order valence-corrected chi connectivity index (χ1v) is 7.82. The third-order valence-electron chi connectivity index (χ3n) is 3.25. The van der Waals surface area contributed by atoms with Gasteiger partial charge >= 0.3 is 5.97 Å². The first kappa shape index (κ1) is 15.4. The number of ether oxygens (including phenoxy) is 2. The molecule has 1 aliphatic heterocycles. The maximum atomic E-state index is 12.1. The summed E-state index contributed by atoms with van der Waals surface area (Å²) in [5, 5.41) is 0. The van der Waals surface area contributed by atoms with Gasteiger partial charge in [0.1, 0.15) is 11.9 Å². The maximum Gasteiger partial charge on any atom is 0.337 e. The quantitative estimate of drug-likeness (QED) is 0.447. The number of rotatable bonds is 4. The Hall–Kier alpha value is -1.04. The molecule has 1 aromatic rings. The fourth-order valence-corrected chi connectivity index (χ4v) is 2.49. The van der Waals surface area contributed by atoms with Crippen molar-refractivity contribution in [2.75, 3.05) is 6.61 Å². The van der Waals surface area contributed by atoms with Gasteiger partial charge in [0.25, 0.3) is 0 Å². The predicted octanol–water partition coefficient (Wildman–Crippen LogP) is 3.96. The summed E-state index contributed by atoms with van der Waals surface area (Å²) in [5.41, 5.74) is 1.58. The maximum absolute atomic E-state index is 12.1. The molecule has 1 atom stereocenters. The van der Waals surface area contributed by atoms with Crippen molar-refractivity contribution < 1.29 is 14.3 Å². The van der Waals surface area contributed by atoms with Crippen molar-refractivity contribution in [2.45, 2.75) is 36.7 Å². The molecule has 0 aliphatic carbocycles. The van der Waals surface area contributed by atoms with E-state index >= 15 is 0 Å². The summed E-state index contributed by atoms with van der Waals surface area (Å²) in [6.07, 6.45) is 0.580. The zero-order valence-corrected chi connectivity index (χ0v) is 14.1. The van der Waals surface area contributed by atoms with Crippen molar-refractivity contribution in [1.29, 1.82) is 0 Å². The largest absolute Gasteiger partial charge is 0.488 e. The summed E-state index contributed by atoms with van der Waals surface area (Å²) in [5.74, 6) is 0.397. The van der Waals surface area contributed by atoms with E-state index in [0.29, 0.717) is 24.4 Å². The number of benzene rings is 1. The van der Waals surface area contributed by atoms with E-state index in [-0.39, 0.29) is 15.5 Å². The Morgan fingerprint density at radius 3 is 2.60 bits per heavy atom. The number of esters is 1. The second kappa shape index (κ2) is 6.16. The van der Waals surface area contributed by atoms with E-state index in [0.717, 1.165) is 5.56 Å². The second-order valence-electron chi connectivity index (χ2n) is 5.27. The van der Waals surface area contributed by atoms with Gasteiger partial charge in [-0.25, -0.2) is 4.79 Å². The summed E-state index contributed by atoms with van der Waals surface area (Å²) in [6, 6.07) is 9.74. The molecule has 1 aliphatic rings. The van der Waals surface area contributed by atoms with Gasteiger partial charge in [0.2, 0.25) is 0 Å². The van der Waals surface area contributed by atoms with Gasteiger partial charge in [0, 0.05) is 12.0 Å². The minimum atomic E-state index is -0.269. The molecule has 0 spiro atoms. The van der Waals surface area contributed by atoms with Gasteiger partial charge in [0.15, 0.2) is 0 Å². The van der Waals surface area contributed by atoms with Crippen molar-refractivity contribution in [2.24, 2.45) is 0 Å². The Morgan fingerprint density at radius 2 is 2.05 bits per heavy atom. The minimum Gasteiger partial charge on any atom is -0.488 e. The number of alkyl halides is 1. The molecule has 0 saturated carbocycles. The fraction of sp³-hybridized carbons (Fsp3) is 0.438. The van der Waals surface area contributed by atoms with Gasteiger partial charge in [0.05, 0.1) is 15.6 Å². The first-order valence-electron chi connectivity index (χ1n) is 6.74. The van der Waals surface area contributed by atoms with Gasteiger partial charge in [-0.1, -0.05) is 52.9 Å². The van der Waals surface area contributed by atoms with Crippen LogP contribution in [0.3, 0.4) is 0 Å². The Labute approximate surface area is 133 Å². The van der Waals surface area contributed by atoms with E-state index in [1.165, 1.54) is 0 Å². The minimum absolute atomic E-state index is 0.0160. The lowest BCUT2D eigenvalue weighted by molar-refractivity contribution is -0.138. The number of hydrogen-bond donors (Lipinski definition) is 0. The molecule has 4 heteroatoms. The highest BCUT2D eigenvalue weighted by Gasteiger charge is 2.39. The molecule has 0 amide bonds. The molecular formula is C16H19IO3. The van der Waals surface area contributed by atoms with E-state index in [2.05, 4.69) is 36.4 Å². The number of carbonyl (C=O) groups excluding carboxylic acids is 1. The van der Waals surface area contributed by atoms with Gasteiger partial charge in [-0.2, -0.15) is 0 Å². The van der Waals surface area contributed by atoms with Crippen LogP contribution in [0, 0.1) is 0 Å². The van der Waals surface area contributed by atoms with Crippen LogP contribution < -0.4 is 0 Å². The number of hydrogen-bond acceptors (Lipinski definition) is 3. The van der Waals surface area contributed by atoms with Crippen LogP contribution in [0.2, 0.25) is 0 Å². The standard InChI is InChI=1S/C16H19IO3/c1-4-19-15(18)12-10-13(16(2,3)17)20-14(12)11-8-6-5-7-9-11/h5-9,13H,4,10H2,1-3H3. The van der Waals surface area contributed by atoms with Gasteiger partial charge in [-0.05, 0) is 20.8 Å². The summed E-state index contributed by atoms with van der Waals surface area (Å²) in [6.45, 7) is 6.41. The third kappa shape index (κ3) is 3.34. The monoisotopic (exact) mass is 386 g/mol. The summed E-state index contributed by atoms with van der Waals surface area (Å²) >= 11 is 2.36. The van der Waals surface area contributed by atoms with Crippen LogP contribution in [-0.4, -0.2) is 22.1 Å². The number of halogens is 1. The molecule has 0 aromatic heterocycles. The Balaban J connectivity index is 2.35. The fourth-order valence-electron chi connectivity index (χ4n) is 2.14. The van der Waals surface area contributed by atoms with Crippen LogP contribution >= 0.6 is 22.6 Å². The van der Waals surface area contributed by atoms with E-state index in [9.17, 15) is 4.79 Å². The van der Waals surface area contributed by atoms with Crippen LogP contribution in [0.5, 0.6) is 0 Å². The molecule has 108 valence electrons. The summed E-state index contributed by atoms with van der Waals surface area (Å²) in [4.78, 5) is 12.1. The molecule has 1 aromatic carbocycles.